The molecule has 4 heteroatoms. The Morgan fingerprint density at radius 1 is 1.22 bits per heavy atom. The van der Waals surface area contributed by atoms with Crippen molar-refractivity contribution in [1.82, 2.24) is 5.32 Å². The molecule has 0 aliphatic rings. The summed E-state index contributed by atoms with van der Waals surface area (Å²) in [6.07, 6.45) is 1.18. The summed E-state index contributed by atoms with van der Waals surface area (Å²) in [5.74, 6) is -0.331. The number of amides is 1. The number of nitrogens with one attached hydrogen (secondary N) is 1. The van der Waals surface area contributed by atoms with Crippen LogP contribution in [0.5, 0.6) is 0 Å². The van der Waals surface area contributed by atoms with Crippen LogP contribution in [0.25, 0.3) is 0 Å². The smallest absolute Gasteiger partial charge is 0.220 e. The Bertz CT molecular complexity index is 510. The molecule has 0 aliphatic heterocycles. The molecule has 2 rings (SSSR count). The molecule has 1 aromatic heterocycles. The van der Waals surface area contributed by atoms with Gasteiger partial charge in [-0.1, -0.05) is 24.3 Å². The van der Waals surface area contributed by atoms with Gasteiger partial charge in [-0.15, -0.1) is 11.3 Å². The van der Waals surface area contributed by atoms with E-state index in [0.717, 1.165) is 6.42 Å². The average molecular weight is 263 g/mol. The Kier molecular flexibility index (Phi) is 4.47. The van der Waals surface area contributed by atoms with Gasteiger partial charge in [0.15, 0.2) is 0 Å². The Morgan fingerprint density at radius 2 is 2.06 bits per heavy atom. The van der Waals surface area contributed by atoms with Crippen molar-refractivity contribution >= 4 is 17.2 Å². The van der Waals surface area contributed by atoms with Gasteiger partial charge in [0.25, 0.3) is 0 Å². The number of aryl methyl sites for hydroxylation is 1. The maximum absolute atomic E-state index is 13.3. The van der Waals surface area contributed by atoms with Crippen LogP contribution < -0.4 is 5.32 Å². The monoisotopic (exact) mass is 263 g/mol. The van der Waals surface area contributed by atoms with E-state index in [1.54, 1.807) is 29.5 Å². The molecule has 0 bridgehead atoms. The molecular formula is C14H14FNOS. The van der Waals surface area contributed by atoms with Crippen LogP contribution in [0.15, 0.2) is 41.8 Å². The third-order valence-corrected chi connectivity index (χ3v) is 3.55. The maximum Gasteiger partial charge on any atom is 0.220 e. The van der Waals surface area contributed by atoms with Crippen LogP contribution in [0.4, 0.5) is 4.39 Å². The highest BCUT2D eigenvalue weighted by Crippen LogP contribution is 2.11. The van der Waals surface area contributed by atoms with E-state index in [-0.39, 0.29) is 18.3 Å². The molecule has 0 atom stereocenters. The zero-order valence-corrected chi connectivity index (χ0v) is 10.7. The van der Waals surface area contributed by atoms with Gasteiger partial charge in [-0.25, -0.2) is 4.39 Å². The topological polar surface area (TPSA) is 29.1 Å². The van der Waals surface area contributed by atoms with Crippen molar-refractivity contribution in [2.45, 2.75) is 19.4 Å². The molecule has 18 heavy (non-hydrogen) atoms. The van der Waals surface area contributed by atoms with Crippen molar-refractivity contribution in [2.24, 2.45) is 0 Å². The second-order valence-corrected chi connectivity index (χ2v) is 4.98. The van der Waals surface area contributed by atoms with Crippen LogP contribution in [0.2, 0.25) is 0 Å². The van der Waals surface area contributed by atoms with Crippen LogP contribution >= 0.6 is 11.3 Å². The number of halogens is 1. The van der Waals surface area contributed by atoms with Gasteiger partial charge < -0.3 is 5.32 Å². The van der Waals surface area contributed by atoms with Gasteiger partial charge in [0.05, 0.1) is 0 Å². The Balaban J connectivity index is 1.77. The molecule has 0 spiro atoms. The van der Waals surface area contributed by atoms with E-state index in [4.69, 9.17) is 0 Å². The van der Waals surface area contributed by atoms with Gasteiger partial charge in [-0.05, 0) is 23.9 Å². The van der Waals surface area contributed by atoms with Gasteiger partial charge >= 0.3 is 0 Å². The Labute approximate surface area is 109 Å². The molecular weight excluding hydrogens is 249 g/mol. The molecule has 1 aromatic carbocycles. The molecule has 0 aliphatic carbocycles. The summed E-state index contributed by atoms with van der Waals surface area (Å²) in [5, 5.41) is 4.72. The van der Waals surface area contributed by atoms with Gasteiger partial charge in [-0.2, -0.15) is 0 Å². The summed E-state index contributed by atoms with van der Waals surface area (Å²) in [4.78, 5) is 12.8. The predicted octanol–water partition coefficient (Wildman–Crippen LogP) is 3.14. The van der Waals surface area contributed by atoms with Gasteiger partial charge in [-0.3, -0.25) is 4.79 Å². The number of carbonyl (C=O) groups is 1. The molecule has 2 aromatic rings. The van der Waals surface area contributed by atoms with E-state index in [2.05, 4.69) is 5.32 Å². The minimum Gasteiger partial charge on any atom is -0.352 e. The summed E-state index contributed by atoms with van der Waals surface area (Å²) in [6, 6.07) is 10.4. The minimum atomic E-state index is -0.281. The van der Waals surface area contributed by atoms with Gasteiger partial charge in [0.2, 0.25) is 5.91 Å². The lowest BCUT2D eigenvalue weighted by Crippen LogP contribution is -2.23. The Morgan fingerprint density at radius 3 is 2.78 bits per heavy atom. The van der Waals surface area contributed by atoms with Crippen LogP contribution in [-0.2, 0) is 17.8 Å². The number of hydrogen-bond acceptors (Lipinski definition) is 2. The maximum atomic E-state index is 13.3. The normalized spacial score (nSPS) is 10.3. The average Bonchev–Trinajstić information content (AvgIpc) is 2.88. The Hall–Kier alpha value is -1.68. The number of hydrogen-bond donors (Lipinski definition) is 1. The molecule has 94 valence electrons. The molecule has 0 saturated carbocycles. The number of benzene rings is 1. The van der Waals surface area contributed by atoms with Gasteiger partial charge in [0.1, 0.15) is 5.82 Å². The standard InChI is InChI=1S/C14H14FNOS/c15-13-6-2-1-4-11(13)10-16-14(17)8-7-12-5-3-9-18-12/h1-6,9H,7-8,10H2,(H,16,17). The third kappa shape index (κ3) is 3.67. The van der Waals surface area contributed by atoms with Crippen molar-refractivity contribution in [3.63, 3.8) is 0 Å². The first kappa shape index (κ1) is 12.8. The quantitative estimate of drug-likeness (QED) is 0.882. The molecule has 1 N–H and O–H groups in total. The van der Waals surface area contributed by atoms with Crippen LogP contribution in [0, 0.1) is 5.82 Å². The fraction of sp³-hybridized carbons (Fsp3) is 0.214. The molecule has 0 unspecified atom stereocenters. The first-order chi connectivity index (χ1) is 8.75. The summed E-state index contributed by atoms with van der Waals surface area (Å²) in [5.41, 5.74) is 0.516. The first-order valence-electron chi connectivity index (χ1n) is 5.78. The predicted molar refractivity (Wildman–Crippen MR) is 70.9 cm³/mol. The first-order valence-corrected chi connectivity index (χ1v) is 6.66. The second kappa shape index (κ2) is 6.31. The summed E-state index contributed by atoms with van der Waals surface area (Å²) >= 11 is 1.64. The molecule has 1 amide bonds. The van der Waals surface area contributed by atoms with Crippen LogP contribution in [-0.4, -0.2) is 5.91 Å². The third-order valence-electron chi connectivity index (χ3n) is 2.61. The van der Waals surface area contributed by atoms with E-state index in [0.29, 0.717) is 12.0 Å². The molecule has 0 fully saturated rings. The van der Waals surface area contributed by atoms with Crippen molar-refractivity contribution in [3.8, 4) is 0 Å². The minimum absolute atomic E-state index is 0.0494. The molecule has 0 saturated heterocycles. The number of carbonyl (C=O) groups excluding carboxylic acids is 1. The lowest BCUT2D eigenvalue weighted by molar-refractivity contribution is -0.121. The lowest BCUT2D eigenvalue weighted by atomic mass is 10.2. The van der Waals surface area contributed by atoms with Crippen molar-refractivity contribution < 1.29 is 9.18 Å². The van der Waals surface area contributed by atoms with E-state index in [9.17, 15) is 9.18 Å². The number of rotatable bonds is 5. The molecule has 0 radical (unpaired) electrons. The second-order valence-electron chi connectivity index (χ2n) is 3.95. The van der Waals surface area contributed by atoms with Crippen molar-refractivity contribution in [1.29, 1.82) is 0 Å². The van der Waals surface area contributed by atoms with Crippen LogP contribution in [0.1, 0.15) is 16.9 Å². The zero-order chi connectivity index (χ0) is 12.8. The zero-order valence-electron chi connectivity index (χ0n) is 9.86. The SMILES string of the molecule is O=C(CCc1cccs1)NCc1ccccc1F. The number of thiophene rings is 1. The summed E-state index contributed by atoms with van der Waals surface area (Å²) in [7, 11) is 0. The summed E-state index contributed by atoms with van der Waals surface area (Å²) in [6.45, 7) is 0.246. The van der Waals surface area contributed by atoms with Crippen LogP contribution in [0.3, 0.4) is 0 Å². The van der Waals surface area contributed by atoms with E-state index in [1.807, 2.05) is 17.5 Å². The highest BCUT2D eigenvalue weighted by atomic mass is 32.1. The highest BCUT2D eigenvalue weighted by Gasteiger charge is 2.05. The fourth-order valence-electron chi connectivity index (χ4n) is 1.62. The highest BCUT2D eigenvalue weighted by molar-refractivity contribution is 7.09. The van der Waals surface area contributed by atoms with Crippen molar-refractivity contribution in [3.05, 3.63) is 58.0 Å². The fourth-order valence-corrected chi connectivity index (χ4v) is 2.32. The lowest BCUT2D eigenvalue weighted by Gasteiger charge is -2.05. The molecule has 2 nitrogen and oxygen atoms in total. The van der Waals surface area contributed by atoms with E-state index < -0.39 is 0 Å². The van der Waals surface area contributed by atoms with E-state index >= 15 is 0 Å². The molecule has 1 heterocycles. The summed E-state index contributed by atoms with van der Waals surface area (Å²) < 4.78 is 13.3. The van der Waals surface area contributed by atoms with Gasteiger partial charge in [0, 0.05) is 23.4 Å². The van der Waals surface area contributed by atoms with Crippen molar-refractivity contribution in [2.75, 3.05) is 0 Å². The largest absolute Gasteiger partial charge is 0.352 e. The van der Waals surface area contributed by atoms with E-state index in [1.165, 1.54) is 10.9 Å².